The van der Waals surface area contributed by atoms with Crippen LogP contribution in [0.5, 0.6) is 0 Å². The van der Waals surface area contributed by atoms with Gasteiger partial charge in [-0.3, -0.25) is 9.59 Å². The molecule has 0 spiro atoms. The number of hydrogen-bond donors (Lipinski definition) is 1. The van der Waals surface area contributed by atoms with E-state index in [9.17, 15) is 9.59 Å². The van der Waals surface area contributed by atoms with Gasteiger partial charge in [0.05, 0.1) is 0 Å². The molecule has 0 heterocycles. The number of nitrogens with one attached hydrogen (secondary N) is 1. The van der Waals surface area contributed by atoms with E-state index in [1.165, 1.54) is 0 Å². The zero-order valence-corrected chi connectivity index (χ0v) is 17.0. The van der Waals surface area contributed by atoms with E-state index in [1.807, 2.05) is 27.7 Å². The molecule has 0 unspecified atom stereocenters. The molecule has 1 N–H and O–H groups in total. The second kappa shape index (κ2) is 10.7. The smallest absolute Gasteiger partial charge is 0.243 e. The van der Waals surface area contributed by atoms with Crippen LogP contribution in [-0.2, 0) is 16.1 Å². The Kier molecular flexibility index (Phi) is 9.30. The number of carbonyl (C=O) groups is 2. The predicted octanol–water partition coefficient (Wildman–Crippen LogP) is 4.82. The summed E-state index contributed by atoms with van der Waals surface area (Å²) in [6, 6.07) is 4.77. The van der Waals surface area contributed by atoms with Crippen LogP contribution in [0.15, 0.2) is 18.2 Å². The van der Waals surface area contributed by atoms with Gasteiger partial charge in [0.1, 0.15) is 6.04 Å². The van der Waals surface area contributed by atoms with Crippen molar-refractivity contribution in [3.05, 3.63) is 33.8 Å². The highest BCUT2D eigenvalue weighted by Crippen LogP contribution is 2.27. The molecule has 0 fully saturated rings. The zero-order chi connectivity index (χ0) is 19.0. The van der Waals surface area contributed by atoms with Gasteiger partial charge in [0.2, 0.25) is 11.8 Å². The first-order valence-corrected chi connectivity index (χ1v) is 9.63. The van der Waals surface area contributed by atoms with Crippen molar-refractivity contribution in [2.24, 2.45) is 0 Å². The molecular weight excluding hydrogens is 359 g/mol. The van der Waals surface area contributed by atoms with E-state index in [-0.39, 0.29) is 24.4 Å². The molecule has 0 saturated heterocycles. The molecule has 6 heteroatoms. The average molecular weight is 387 g/mol. The van der Waals surface area contributed by atoms with Crippen molar-refractivity contribution in [2.45, 2.75) is 72.0 Å². The van der Waals surface area contributed by atoms with Gasteiger partial charge in [-0.25, -0.2) is 0 Å². The van der Waals surface area contributed by atoms with E-state index in [1.54, 1.807) is 23.1 Å². The van der Waals surface area contributed by atoms with Gasteiger partial charge in [0.15, 0.2) is 0 Å². The summed E-state index contributed by atoms with van der Waals surface area (Å²) >= 11 is 12.5. The highest BCUT2D eigenvalue weighted by molar-refractivity contribution is 6.36. The molecule has 1 aromatic rings. The second-order valence-electron chi connectivity index (χ2n) is 6.21. The van der Waals surface area contributed by atoms with Crippen LogP contribution in [-0.4, -0.2) is 28.8 Å². The Morgan fingerprint density at radius 2 is 1.72 bits per heavy atom. The molecule has 2 atom stereocenters. The number of halogens is 2. The third-order valence-electron chi connectivity index (χ3n) is 4.24. The molecule has 0 bridgehead atoms. The van der Waals surface area contributed by atoms with Crippen LogP contribution < -0.4 is 5.32 Å². The average Bonchev–Trinajstić information content (AvgIpc) is 2.57. The first kappa shape index (κ1) is 21.8. The molecule has 0 radical (unpaired) electrons. The maximum absolute atomic E-state index is 12.7. The third-order valence-corrected chi connectivity index (χ3v) is 4.95. The van der Waals surface area contributed by atoms with Crippen LogP contribution in [0.4, 0.5) is 0 Å². The van der Waals surface area contributed by atoms with Crippen LogP contribution in [0.2, 0.25) is 10.0 Å². The van der Waals surface area contributed by atoms with Crippen LogP contribution in [0, 0.1) is 0 Å². The Labute approximate surface area is 160 Å². The fourth-order valence-electron chi connectivity index (χ4n) is 2.57. The van der Waals surface area contributed by atoms with Gasteiger partial charge in [-0.1, -0.05) is 50.0 Å². The Bertz CT molecular complexity index is 573. The van der Waals surface area contributed by atoms with E-state index in [0.717, 1.165) is 12.8 Å². The van der Waals surface area contributed by atoms with Crippen molar-refractivity contribution in [3.8, 4) is 0 Å². The maximum Gasteiger partial charge on any atom is 0.243 e. The van der Waals surface area contributed by atoms with Gasteiger partial charge in [-0.2, -0.15) is 0 Å². The number of rotatable bonds is 9. The highest BCUT2D eigenvalue weighted by atomic mass is 35.5. The molecule has 25 heavy (non-hydrogen) atoms. The van der Waals surface area contributed by atoms with Crippen molar-refractivity contribution in [1.82, 2.24) is 10.2 Å². The van der Waals surface area contributed by atoms with Crippen molar-refractivity contribution in [2.75, 3.05) is 0 Å². The summed E-state index contributed by atoms with van der Waals surface area (Å²) in [5, 5.41) is 3.97. The van der Waals surface area contributed by atoms with Crippen molar-refractivity contribution in [1.29, 1.82) is 0 Å². The lowest BCUT2D eigenvalue weighted by Crippen LogP contribution is -2.50. The largest absolute Gasteiger partial charge is 0.352 e. The summed E-state index contributed by atoms with van der Waals surface area (Å²) in [5.41, 5.74) is 0.671. The minimum absolute atomic E-state index is 0.0635. The SMILES string of the molecule is CCCC(=O)N(Cc1c(Cl)cccc1Cl)[C@H](CC)C(=O)N[C@@H](C)CC. The quantitative estimate of drug-likeness (QED) is 0.661. The van der Waals surface area contributed by atoms with E-state index in [4.69, 9.17) is 23.2 Å². The van der Waals surface area contributed by atoms with Crippen molar-refractivity contribution < 1.29 is 9.59 Å². The zero-order valence-electron chi connectivity index (χ0n) is 15.4. The predicted molar refractivity (Wildman–Crippen MR) is 104 cm³/mol. The number of carbonyl (C=O) groups excluding carboxylic acids is 2. The Balaban J connectivity index is 3.13. The van der Waals surface area contributed by atoms with Crippen molar-refractivity contribution in [3.63, 3.8) is 0 Å². The molecule has 0 aliphatic carbocycles. The first-order chi connectivity index (χ1) is 11.8. The molecule has 0 aromatic heterocycles. The normalized spacial score (nSPS) is 13.2. The summed E-state index contributed by atoms with van der Waals surface area (Å²) in [6.07, 6.45) is 2.46. The lowest BCUT2D eigenvalue weighted by Gasteiger charge is -2.32. The molecular formula is C19H28Cl2N2O2. The van der Waals surface area contributed by atoms with Gasteiger partial charge >= 0.3 is 0 Å². The van der Waals surface area contributed by atoms with E-state index >= 15 is 0 Å². The van der Waals surface area contributed by atoms with Gasteiger partial charge < -0.3 is 10.2 Å². The Hall–Kier alpha value is -1.26. The molecule has 1 rings (SSSR count). The van der Waals surface area contributed by atoms with Gasteiger partial charge in [0.25, 0.3) is 0 Å². The molecule has 0 aliphatic heterocycles. The molecule has 4 nitrogen and oxygen atoms in total. The highest BCUT2D eigenvalue weighted by Gasteiger charge is 2.29. The van der Waals surface area contributed by atoms with E-state index in [0.29, 0.717) is 28.5 Å². The summed E-state index contributed by atoms with van der Waals surface area (Å²) in [7, 11) is 0. The van der Waals surface area contributed by atoms with Gasteiger partial charge in [-0.15, -0.1) is 0 Å². The third kappa shape index (κ3) is 6.19. The van der Waals surface area contributed by atoms with E-state index in [2.05, 4.69) is 5.32 Å². The number of amides is 2. The monoisotopic (exact) mass is 386 g/mol. The summed E-state index contributed by atoms with van der Waals surface area (Å²) in [5.74, 6) is -0.200. The van der Waals surface area contributed by atoms with Crippen LogP contribution in [0.3, 0.4) is 0 Å². The van der Waals surface area contributed by atoms with E-state index < -0.39 is 6.04 Å². The molecule has 1 aromatic carbocycles. The summed E-state index contributed by atoms with van der Waals surface area (Å²) in [6.45, 7) is 8.03. The number of nitrogens with zero attached hydrogens (tertiary/aromatic N) is 1. The first-order valence-electron chi connectivity index (χ1n) is 8.88. The molecule has 0 aliphatic rings. The summed E-state index contributed by atoms with van der Waals surface area (Å²) in [4.78, 5) is 27.0. The van der Waals surface area contributed by atoms with Gasteiger partial charge in [-0.05, 0) is 38.3 Å². The second-order valence-corrected chi connectivity index (χ2v) is 7.03. The Morgan fingerprint density at radius 1 is 1.12 bits per heavy atom. The van der Waals surface area contributed by atoms with Crippen LogP contribution in [0.25, 0.3) is 0 Å². The fraction of sp³-hybridized carbons (Fsp3) is 0.579. The lowest BCUT2D eigenvalue weighted by atomic mass is 10.1. The number of hydrogen-bond acceptors (Lipinski definition) is 2. The van der Waals surface area contributed by atoms with Gasteiger partial charge in [0, 0.05) is 34.6 Å². The lowest BCUT2D eigenvalue weighted by molar-refractivity contribution is -0.141. The maximum atomic E-state index is 12.7. The molecule has 0 saturated carbocycles. The topological polar surface area (TPSA) is 49.4 Å². The number of benzene rings is 1. The van der Waals surface area contributed by atoms with Crippen LogP contribution in [0.1, 0.15) is 58.9 Å². The Morgan fingerprint density at radius 3 is 2.20 bits per heavy atom. The molecule has 140 valence electrons. The van der Waals surface area contributed by atoms with Crippen LogP contribution >= 0.6 is 23.2 Å². The summed E-state index contributed by atoms with van der Waals surface area (Å²) < 4.78 is 0. The van der Waals surface area contributed by atoms with Crippen molar-refractivity contribution >= 4 is 35.0 Å². The molecule has 2 amide bonds. The standard InChI is InChI=1S/C19H28Cl2N2O2/c1-5-9-18(24)23(12-14-15(20)10-8-11-16(14)21)17(7-3)19(25)22-13(4)6-2/h8,10-11,13,17H,5-7,9,12H2,1-4H3,(H,22,25)/t13-,17+/m0/s1. The minimum Gasteiger partial charge on any atom is -0.352 e. The fourth-order valence-corrected chi connectivity index (χ4v) is 3.09. The minimum atomic E-state index is -0.541.